The number of anilines is 1. The number of H-pyrrole nitrogens is 2. The third kappa shape index (κ3) is 3.07. The molecule has 1 fully saturated rings. The molecular formula is C24H19N9S. The minimum atomic E-state index is 0.195. The molecule has 10 heteroatoms. The Morgan fingerprint density at radius 3 is 2.74 bits per heavy atom. The van der Waals surface area contributed by atoms with Gasteiger partial charge in [-0.05, 0) is 29.6 Å². The second kappa shape index (κ2) is 7.44. The maximum Gasteiger partial charge on any atom is 0.147 e. The van der Waals surface area contributed by atoms with Crippen LogP contribution < -0.4 is 10.6 Å². The Kier molecular flexibility index (Phi) is 4.23. The largest absolute Gasteiger partial charge is 0.353 e. The smallest absolute Gasteiger partial charge is 0.147 e. The fourth-order valence-corrected chi connectivity index (χ4v) is 5.12. The van der Waals surface area contributed by atoms with E-state index >= 15 is 0 Å². The number of aromatic nitrogens is 7. The maximum absolute atomic E-state index is 5.92. The SMILES string of the molecule is NC1CN(c2cncc(-c3cc4c(-c5cc6c(-c7cccs7)nccc6[nH]5)n[nH]c4cn3)n2)C1. The van der Waals surface area contributed by atoms with E-state index in [1.165, 1.54) is 0 Å². The van der Waals surface area contributed by atoms with Gasteiger partial charge in [0.25, 0.3) is 0 Å². The zero-order valence-electron chi connectivity index (χ0n) is 17.9. The molecule has 0 radical (unpaired) electrons. The summed E-state index contributed by atoms with van der Waals surface area (Å²) < 4.78 is 0. The van der Waals surface area contributed by atoms with E-state index in [0.29, 0.717) is 5.69 Å². The first-order chi connectivity index (χ1) is 16.7. The van der Waals surface area contributed by atoms with Crippen LogP contribution in [0.5, 0.6) is 0 Å². The molecule has 1 saturated heterocycles. The van der Waals surface area contributed by atoms with Crippen LogP contribution in [0.15, 0.2) is 60.5 Å². The van der Waals surface area contributed by atoms with E-state index < -0.39 is 0 Å². The van der Waals surface area contributed by atoms with Gasteiger partial charge >= 0.3 is 0 Å². The molecule has 166 valence electrons. The van der Waals surface area contributed by atoms with Gasteiger partial charge < -0.3 is 15.6 Å². The van der Waals surface area contributed by atoms with Gasteiger partial charge in [0, 0.05) is 41.6 Å². The van der Waals surface area contributed by atoms with Gasteiger partial charge in [0.15, 0.2) is 0 Å². The first-order valence-corrected chi connectivity index (χ1v) is 11.8. The van der Waals surface area contributed by atoms with Gasteiger partial charge in [0.1, 0.15) is 17.2 Å². The van der Waals surface area contributed by atoms with Crippen molar-refractivity contribution >= 4 is 39.0 Å². The van der Waals surface area contributed by atoms with Crippen molar-refractivity contribution in [3.63, 3.8) is 0 Å². The summed E-state index contributed by atoms with van der Waals surface area (Å²) in [5.74, 6) is 0.817. The summed E-state index contributed by atoms with van der Waals surface area (Å²) in [6.45, 7) is 1.58. The molecule has 4 N–H and O–H groups in total. The molecule has 6 aromatic heterocycles. The molecule has 0 bridgehead atoms. The average Bonchev–Trinajstić information content (AvgIpc) is 3.60. The van der Waals surface area contributed by atoms with Crippen molar-refractivity contribution in [1.29, 1.82) is 0 Å². The van der Waals surface area contributed by atoms with Crippen molar-refractivity contribution in [1.82, 2.24) is 35.1 Å². The molecule has 34 heavy (non-hydrogen) atoms. The lowest BCUT2D eigenvalue weighted by molar-refractivity contribution is 0.514. The van der Waals surface area contributed by atoms with Crippen LogP contribution in [0.25, 0.3) is 55.2 Å². The molecule has 0 spiro atoms. The predicted molar refractivity (Wildman–Crippen MR) is 134 cm³/mol. The molecule has 7 rings (SSSR count). The van der Waals surface area contributed by atoms with E-state index in [1.54, 1.807) is 29.9 Å². The minimum absolute atomic E-state index is 0.195. The molecule has 1 aliphatic rings. The number of hydrogen-bond donors (Lipinski definition) is 3. The number of hydrogen-bond acceptors (Lipinski definition) is 8. The average molecular weight is 466 g/mol. The highest BCUT2D eigenvalue weighted by Gasteiger charge is 2.25. The van der Waals surface area contributed by atoms with Crippen LogP contribution in [0.2, 0.25) is 0 Å². The lowest BCUT2D eigenvalue weighted by Gasteiger charge is -2.37. The van der Waals surface area contributed by atoms with Gasteiger partial charge in [-0.2, -0.15) is 5.10 Å². The first kappa shape index (κ1) is 19.3. The van der Waals surface area contributed by atoms with E-state index in [1.807, 2.05) is 24.4 Å². The quantitative estimate of drug-likeness (QED) is 0.361. The Morgan fingerprint density at radius 2 is 1.88 bits per heavy atom. The molecule has 0 amide bonds. The summed E-state index contributed by atoms with van der Waals surface area (Å²) in [6, 6.07) is 10.4. The summed E-state index contributed by atoms with van der Waals surface area (Å²) in [5, 5.41) is 11.8. The Labute approximate surface area is 197 Å². The topological polar surface area (TPSA) is 125 Å². The lowest BCUT2D eigenvalue weighted by atomic mass is 10.1. The predicted octanol–water partition coefficient (Wildman–Crippen LogP) is 3.83. The Balaban J connectivity index is 1.31. The van der Waals surface area contributed by atoms with E-state index in [2.05, 4.69) is 52.5 Å². The fourth-order valence-electron chi connectivity index (χ4n) is 4.38. The summed E-state index contributed by atoms with van der Waals surface area (Å²) in [5.41, 5.74) is 12.0. The molecule has 9 nitrogen and oxygen atoms in total. The first-order valence-electron chi connectivity index (χ1n) is 10.9. The maximum atomic E-state index is 5.92. The summed E-state index contributed by atoms with van der Waals surface area (Å²) in [6.07, 6.45) is 7.12. The van der Waals surface area contributed by atoms with Crippen molar-refractivity contribution in [3.8, 4) is 33.3 Å². The van der Waals surface area contributed by atoms with Gasteiger partial charge in [-0.15, -0.1) is 11.3 Å². The van der Waals surface area contributed by atoms with Crippen LogP contribution in [0, 0.1) is 0 Å². The number of nitrogens with one attached hydrogen (secondary N) is 2. The van der Waals surface area contributed by atoms with Crippen LogP contribution in [0.3, 0.4) is 0 Å². The third-order valence-corrected chi connectivity index (χ3v) is 7.00. The van der Waals surface area contributed by atoms with Gasteiger partial charge in [-0.25, -0.2) is 4.98 Å². The third-order valence-electron chi connectivity index (χ3n) is 6.12. The molecule has 0 aliphatic carbocycles. The molecule has 0 saturated carbocycles. The van der Waals surface area contributed by atoms with Crippen molar-refractivity contribution < 1.29 is 0 Å². The lowest BCUT2D eigenvalue weighted by Crippen LogP contribution is -2.56. The normalized spacial score (nSPS) is 14.2. The van der Waals surface area contributed by atoms with Crippen LogP contribution in [-0.4, -0.2) is 54.2 Å². The molecule has 7 heterocycles. The van der Waals surface area contributed by atoms with Gasteiger partial charge in [0.2, 0.25) is 0 Å². The number of pyridine rings is 2. The Morgan fingerprint density at radius 1 is 0.971 bits per heavy atom. The highest BCUT2D eigenvalue weighted by atomic mass is 32.1. The van der Waals surface area contributed by atoms with Crippen LogP contribution >= 0.6 is 11.3 Å². The molecule has 6 aromatic rings. The van der Waals surface area contributed by atoms with E-state index in [-0.39, 0.29) is 6.04 Å². The van der Waals surface area contributed by atoms with Crippen molar-refractivity contribution in [2.24, 2.45) is 5.73 Å². The molecule has 1 aliphatic heterocycles. The monoisotopic (exact) mass is 465 g/mol. The van der Waals surface area contributed by atoms with Crippen LogP contribution in [0.1, 0.15) is 0 Å². The minimum Gasteiger partial charge on any atom is -0.353 e. The van der Waals surface area contributed by atoms with Crippen LogP contribution in [0.4, 0.5) is 5.82 Å². The number of nitrogens with two attached hydrogens (primary N) is 1. The zero-order chi connectivity index (χ0) is 22.6. The van der Waals surface area contributed by atoms with Crippen molar-refractivity contribution in [2.75, 3.05) is 18.0 Å². The van der Waals surface area contributed by atoms with E-state index in [0.717, 1.165) is 68.4 Å². The van der Waals surface area contributed by atoms with Crippen LogP contribution in [-0.2, 0) is 0 Å². The van der Waals surface area contributed by atoms with E-state index in [4.69, 9.17) is 10.7 Å². The number of rotatable bonds is 4. The summed E-state index contributed by atoms with van der Waals surface area (Å²) in [4.78, 5) is 25.1. The Bertz CT molecular complexity index is 1640. The molecule has 0 atom stereocenters. The second-order valence-electron chi connectivity index (χ2n) is 8.40. The molecule has 0 unspecified atom stereocenters. The van der Waals surface area contributed by atoms with Crippen molar-refractivity contribution in [2.45, 2.75) is 6.04 Å². The standard InChI is InChI=1S/C24H19N9S/c25-13-11-33(12-13)22-10-26-8-20(30-22)17-6-15-19(9-28-17)31-32-23(15)18-7-14-16(29-18)3-4-27-24(14)21-2-1-5-34-21/h1-10,13,29H,11-12,25H2,(H,31,32). The van der Waals surface area contributed by atoms with Gasteiger partial charge in [-0.3, -0.25) is 20.1 Å². The second-order valence-corrected chi connectivity index (χ2v) is 9.34. The summed E-state index contributed by atoms with van der Waals surface area (Å²) in [7, 11) is 0. The molecule has 0 aromatic carbocycles. The number of fused-ring (bicyclic) bond motifs is 2. The number of nitrogens with zero attached hydrogens (tertiary/aromatic N) is 6. The van der Waals surface area contributed by atoms with Gasteiger partial charge in [-0.1, -0.05) is 6.07 Å². The fraction of sp³-hybridized carbons (Fsp3) is 0.125. The number of aromatic amines is 2. The number of thiophene rings is 1. The highest BCUT2D eigenvalue weighted by Crippen LogP contribution is 2.35. The zero-order valence-corrected chi connectivity index (χ0v) is 18.8. The molecular weight excluding hydrogens is 446 g/mol. The highest BCUT2D eigenvalue weighted by molar-refractivity contribution is 7.13. The summed E-state index contributed by atoms with van der Waals surface area (Å²) >= 11 is 1.68. The van der Waals surface area contributed by atoms with Gasteiger partial charge in [0.05, 0.1) is 46.1 Å². The van der Waals surface area contributed by atoms with E-state index in [9.17, 15) is 0 Å². The Hall–Kier alpha value is -4.15. The van der Waals surface area contributed by atoms with Crippen molar-refractivity contribution in [3.05, 3.63) is 60.5 Å².